The fourth-order valence-corrected chi connectivity index (χ4v) is 2.14. The predicted molar refractivity (Wildman–Crippen MR) is 87.9 cm³/mol. The van der Waals surface area contributed by atoms with E-state index in [1.54, 1.807) is 30.5 Å². The molecule has 2 N–H and O–H groups in total. The molecule has 2 aromatic heterocycles. The highest BCUT2D eigenvalue weighted by Crippen LogP contribution is 2.21. The van der Waals surface area contributed by atoms with Gasteiger partial charge in [-0.1, -0.05) is 18.5 Å². The van der Waals surface area contributed by atoms with Crippen LogP contribution in [-0.2, 0) is 0 Å². The van der Waals surface area contributed by atoms with Crippen molar-refractivity contribution in [2.75, 3.05) is 17.2 Å². The van der Waals surface area contributed by atoms with Gasteiger partial charge in [-0.25, -0.2) is 9.97 Å². The molecule has 110 valence electrons. The predicted octanol–water partition coefficient (Wildman–Crippen LogP) is 3.97. The number of nitrogens with one attached hydrogen (secondary N) is 2. The normalized spacial score (nSPS) is 10.2. The fraction of sp³-hybridized carbons (Fsp3) is 0.214. The first-order chi connectivity index (χ1) is 10.1. The lowest BCUT2D eigenvalue weighted by Gasteiger charge is -2.09. The number of rotatable bonds is 5. The van der Waals surface area contributed by atoms with Gasteiger partial charge in [-0.2, -0.15) is 0 Å². The maximum Gasteiger partial charge on any atom is 0.277 e. The van der Waals surface area contributed by atoms with E-state index in [1.165, 1.54) is 0 Å². The summed E-state index contributed by atoms with van der Waals surface area (Å²) in [5, 5.41) is 6.09. The molecule has 2 heterocycles. The van der Waals surface area contributed by atoms with Gasteiger partial charge in [-0.05, 0) is 46.6 Å². The van der Waals surface area contributed by atoms with Gasteiger partial charge in [-0.15, -0.1) is 0 Å². The Morgan fingerprint density at radius 1 is 1.38 bits per heavy atom. The second-order valence-electron chi connectivity index (χ2n) is 4.24. The second kappa shape index (κ2) is 7.38. The number of hydrogen-bond donors (Lipinski definition) is 2. The van der Waals surface area contributed by atoms with E-state index < -0.39 is 5.91 Å². The van der Waals surface area contributed by atoms with Crippen LogP contribution < -0.4 is 10.6 Å². The third-order valence-electron chi connectivity index (χ3n) is 2.61. The summed E-state index contributed by atoms with van der Waals surface area (Å²) in [6.45, 7) is 2.83. The molecule has 0 atom stereocenters. The van der Waals surface area contributed by atoms with Gasteiger partial charge in [0.15, 0.2) is 0 Å². The van der Waals surface area contributed by atoms with E-state index in [0.29, 0.717) is 21.1 Å². The quantitative estimate of drug-likeness (QED) is 0.837. The van der Waals surface area contributed by atoms with E-state index in [2.05, 4.69) is 43.5 Å². The molecule has 5 nitrogen and oxygen atoms in total. The van der Waals surface area contributed by atoms with Crippen molar-refractivity contribution >= 4 is 45.1 Å². The number of amides is 1. The van der Waals surface area contributed by atoms with E-state index in [0.717, 1.165) is 13.0 Å². The van der Waals surface area contributed by atoms with E-state index in [-0.39, 0.29) is 5.69 Å². The van der Waals surface area contributed by atoms with Crippen LogP contribution >= 0.6 is 27.5 Å². The van der Waals surface area contributed by atoms with Gasteiger partial charge >= 0.3 is 0 Å². The van der Waals surface area contributed by atoms with Crippen LogP contribution in [0.2, 0.25) is 5.02 Å². The molecule has 2 aromatic rings. The summed E-state index contributed by atoms with van der Waals surface area (Å²) in [7, 11) is 0. The van der Waals surface area contributed by atoms with Gasteiger partial charge in [0.1, 0.15) is 17.3 Å². The van der Waals surface area contributed by atoms with Crippen molar-refractivity contribution in [2.24, 2.45) is 0 Å². The Hall–Kier alpha value is -1.66. The average molecular weight is 370 g/mol. The van der Waals surface area contributed by atoms with Gasteiger partial charge in [0.25, 0.3) is 5.91 Å². The number of aromatic nitrogens is 2. The average Bonchev–Trinajstić information content (AvgIpc) is 2.48. The molecule has 0 aromatic carbocycles. The SMILES string of the molecule is CCCNc1ccc(Cl)c(C(=O)Nc2ncccc2Br)n1. The molecule has 0 saturated carbocycles. The minimum atomic E-state index is -0.403. The number of nitrogens with zero attached hydrogens (tertiary/aromatic N) is 2. The highest BCUT2D eigenvalue weighted by molar-refractivity contribution is 9.10. The van der Waals surface area contributed by atoms with Crippen molar-refractivity contribution in [2.45, 2.75) is 13.3 Å². The first kappa shape index (κ1) is 15.7. The van der Waals surface area contributed by atoms with Crippen LogP contribution in [0.5, 0.6) is 0 Å². The summed E-state index contributed by atoms with van der Waals surface area (Å²) < 4.78 is 0.690. The summed E-state index contributed by atoms with van der Waals surface area (Å²) in [6, 6.07) is 6.94. The standard InChI is InChI=1S/C14H14BrClN4O/c1-2-7-17-11-6-5-10(16)12(19-11)14(21)20-13-9(15)4-3-8-18-13/h3-6,8H,2,7H2,1H3,(H,17,19)(H,18,20,21). The minimum absolute atomic E-state index is 0.162. The maximum atomic E-state index is 12.3. The van der Waals surface area contributed by atoms with Crippen LogP contribution in [0, 0.1) is 0 Å². The molecule has 0 aliphatic heterocycles. The number of carbonyl (C=O) groups is 1. The van der Waals surface area contributed by atoms with E-state index >= 15 is 0 Å². The number of carbonyl (C=O) groups excluding carboxylic acids is 1. The van der Waals surface area contributed by atoms with Crippen LogP contribution in [0.15, 0.2) is 34.9 Å². The lowest BCUT2D eigenvalue weighted by Crippen LogP contribution is -2.16. The Bertz CT molecular complexity index is 651. The number of pyridine rings is 2. The summed E-state index contributed by atoms with van der Waals surface area (Å²) in [5.41, 5.74) is 0.162. The molecule has 1 amide bonds. The van der Waals surface area contributed by atoms with Crippen molar-refractivity contribution in [3.63, 3.8) is 0 Å². The zero-order valence-electron chi connectivity index (χ0n) is 11.4. The van der Waals surface area contributed by atoms with Crippen molar-refractivity contribution in [1.82, 2.24) is 9.97 Å². The molecule has 21 heavy (non-hydrogen) atoms. The summed E-state index contributed by atoms with van der Waals surface area (Å²) in [4.78, 5) is 20.6. The smallest absolute Gasteiger partial charge is 0.277 e. The van der Waals surface area contributed by atoms with Crippen molar-refractivity contribution in [1.29, 1.82) is 0 Å². The van der Waals surface area contributed by atoms with Gasteiger partial charge in [0.2, 0.25) is 0 Å². The minimum Gasteiger partial charge on any atom is -0.370 e. The fourth-order valence-electron chi connectivity index (χ4n) is 1.60. The first-order valence-corrected chi connectivity index (χ1v) is 7.61. The summed E-state index contributed by atoms with van der Waals surface area (Å²) >= 11 is 9.37. The Morgan fingerprint density at radius 3 is 2.90 bits per heavy atom. The molecule has 0 aliphatic rings. The molecule has 0 fully saturated rings. The largest absolute Gasteiger partial charge is 0.370 e. The molecule has 0 saturated heterocycles. The van der Waals surface area contributed by atoms with E-state index in [1.807, 2.05) is 0 Å². The molecule has 0 bridgehead atoms. The monoisotopic (exact) mass is 368 g/mol. The van der Waals surface area contributed by atoms with Crippen LogP contribution in [-0.4, -0.2) is 22.4 Å². The molecule has 0 aliphatic carbocycles. The van der Waals surface area contributed by atoms with E-state index in [9.17, 15) is 4.79 Å². The molecule has 0 unspecified atom stereocenters. The van der Waals surface area contributed by atoms with Crippen molar-refractivity contribution < 1.29 is 4.79 Å². The Morgan fingerprint density at radius 2 is 2.19 bits per heavy atom. The Balaban J connectivity index is 2.20. The van der Waals surface area contributed by atoms with Crippen molar-refractivity contribution in [3.8, 4) is 0 Å². The number of anilines is 2. The zero-order valence-corrected chi connectivity index (χ0v) is 13.7. The van der Waals surface area contributed by atoms with Crippen LogP contribution in [0.1, 0.15) is 23.8 Å². The third kappa shape index (κ3) is 4.15. The van der Waals surface area contributed by atoms with Gasteiger partial charge in [0, 0.05) is 12.7 Å². The van der Waals surface area contributed by atoms with Gasteiger partial charge < -0.3 is 10.6 Å². The zero-order chi connectivity index (χ0) is 15.2. The Kier molecular flexibility index (Phi) is 5.52. The molecule has 7 heteroatoms. The topological polar surface area (TPSA) is 66.9 Å². The lowest BCUT2D eigenvalue weighted by atomic mass is 10.3. The molecule has 2 rings (SSSR count). The molecule has 0 spiro atoms. The molecule has 0 radical (unpaired) electrons. The molecular formula is C14H14BrClN4O. The second-order valence-corrected chi connectivity index (χ2v) is 5.50. The third-order valence-corrected chi connectivity index (χ3v) is 3.55. The molecular weight excluding hydrogens is 356 g/mol. The van der Waals surface area contributed by atoms with Crippen LogP contribution in [0.3, 0.4) is 0 Å². The van der Waals surface area contributed by atoms with Crippen LogP contribution in [0.25, 0.3) is 0 Å². The van der Waals surface area contributed by atoms with Crippen LogP contribution in [0.4, 0.5) is 11.6 Å². The summed E-state index contributed by atoms with van der Waals surface area (Å²) in [6.07, 6.45) is 2.56. The number of hydrogen-bond acceptors (Lipinski definition) is 4. The highest BCUT2D eigenvalue weighted by atomic mass is 79.9. The van der Waals surface area contributed by atoms with E-state index in [4.69, 9.17) is 11.6 Å². The van der Waals surface area contributed by atoms with Crippen molar-refractivity contribution in [3.05, 3.63) is 45.7 Å². The Labute approximate surface area is 136 Å². The lowest BCUT2D eigenvalue weighted by molar-refractivity contribution is 0.102. The summed E-state index contributed by atoms with van der Waals surface area (Å²) in [5.74, 6) is 0.637. The maximum absolute atomic E-state index is 12.3. The first-order valence-electron chi connectivity index (χ1n) is 6.44. The highest BCUT2D eigenvalue weighted by Gasteiger charge is 2.15. The van der Waals surface area contributed by atoms with Gasteiger partial charge in [-0.3, -0.25) is 4.79 Å². The number of halogens is 2. The van der Waals surface area contributed by atoms with Gasteiger partial charge in [0.05, 0.1) is 9.50 Å².